The van der Waals surface area contributed by atoms with E-state index in [1.807, 2.05) is 19.9 Å². The first-order valence-electron chi connectivity index (χ1n) is 13.4. The standard InChI is InChI=1S/C31H38F3NO4Si/c1-8-10-29(36)39-27-18-17-24(19-21(27)2)38-28(20-37-40(6,7)30(3,4)5)26-12-9-11-25(35-26)22-13-15-23(16-14-22)31(32,33)34/h9,11-19,28H,8,10,20H2,1-7H3. The number of halogens is 3. The molecule has 3 aromatic rings. The van der Waals surface area contributed by atoms with E-state index in [9.17, 15) is 18.0 Å². The van der Waals surface area contributed by atoms with Crippen LogP contribution in [0.2, 0.25) is 18.1 Å². The summed E-state index contributed by atoms with van der Waals surface area (Å²) in [7, 11) is -2.14. The Morgan fingerprint density at radius 1 is 1.00 bits per heavy atom. The molecular weight excluding hydrogens is 535 g/mol. The van der Waals surface area contributed by atoms with Gasteiger partial charge in [0.05, 0.1) is 23.6 Å². The van der Waals surface area contributed by atoms with Crippen molar-refractivity contribution < 1.29 is 31.9 Å². The van der Waals surface area contributed by atoms with Gasteiger partial charge >= 0.3 is 12.1 Å². The van der Waals surface area contributed by atoms with Crippen LogP contribution < -0.4 is 9.47 Å². The highest BCUT2D eigenvalue weighted by molar-refractivity contribution is 6.74. The predicted octanol–water partition coefficient (Wildman–Crippen LogP) is 8.92. The van der Waals surface area contributed by atoms with Gasteiger partial charge < -0.3 is 13.9 Å². The molecule has 0 spiro atoms. The Hall–Kier alpha value is -3.17. The summed E-state index contributed by atoms with van der Waals surface area (Å²) in [6.07, 6.45) is -3.95. The second kappa shape index (κ2) is 12.6. The lowest BCUT2D eigenvalue weighted by molar-refractivity contribution is -0.137. The Kier molecular flexibility index (Phi) is 9.84. The van der Waals surface area contributed by atoms with Crippen molar-refractivity contribution in [2.24, 2.45) is 0 Å². The number of aryl methyl sites for hydroxylation is 1. The number of pyridine rings is 1. The van der Waals surface area contributed by atoms with Gasteiger partial charge in [-0.05, 0) is 79.5 Å². The van der Waals surface area contributed by atoms with Gasteiger partial charge in [-0.3, -0.25) is 4.79 Å². The molecule has 9 heteroatoms. The number of hydrogen-bond acceptors (Lipinski definition) is 5. The minimum atomic E-state index is -4.41. The molecule has 1 unspecified atom stereocenters. The molecule has 0 saturated heterocycles. The number of esters is 1. The van der Waals surface area contributed by atoms with Crippen LogP contribution in [0.15, 0.2) is 60.7 Å². The SMILES string of the molecule is CCCC(=O)Oc1ccc(OC(CO[Si](C)(C)C(C)(C)C)c2cccc(-c3ccc(C(F)(F)F)cc3)n2)cc1C. The van der Waals surface area contributed by atoms with Gasteiger partial charge in [0.15, 0.2) is 14.4 Å². The number of carbonyl (C=O) groups is 1. The van der Waals surface area contributed by atoms with Gasteiger partial charge in [-0.2, -0.15) is 13.2 Å². The summed E-state index contributed by atoms with van der Waals surface area (Å²) in [5.74, 6) is 0.741. The second-order valence-electron chi connectivity index (χ2n) is 11.4. The van der Waals surface area contributed by atoms with Crippen molar-refractivity contribution in [3.8, 4) is 22.8 Å². The summed E-state index contributed by atoms with van der Waals surface area (Å²) in [4.78, 5) is 16.7. The third-order valence-corrected chi connectivity index (χ3v) is 11.6. The maximum atomic E-state index is 13.0. The molecule has 2 aromatic carbocycles. The molecule has 0 bridgehead atoms. The largest absolute Gasteiger partial charge is 0.482 e. The third kappa shape index (κ3) is 8.17. The lowest BCUT2D eigenvalue weighted by Gasteiger charge is -2.37. The fourth-order valence-corrected chi connectivity index (χ4v) is 4.65. The Labute approximate surface area is 235 Å². The van der Waals surface area contributed by atoms with Crippen LogP contribution in [-0.4, -0.2) is 25.9 Å². The lowest BCUT2D eigenvalue weighted by atomic mass is 10.1. The van der Waals surface area contributed by atoms with E-state index in [1.54, 1.807) is 30.3 Å². The van der Waals surface area contributed by atoms with Crippen LogP contribution in [0.3, 0.4) is 0 Å². The number of aromatic nitrogens is 1. The topological polar surface area (TPSA) is 57.7 Å². The number of nitrogens with zero attached hydrogens (tertiary/aromatic N) is 1. The molecule has 0 saturated carbocycles. The molecule has 5 nitrogen and oxygen atoms in total. The normalized spacial score (nSPS) is 13.2. The molecule has 40 heavy (non-hydrogen) atoms. The molecule has 0 amide bonds. The van der Waals surface area contributed by atoms with E-state index >= 15 is 0 Å². The van der Waals surface area contributed by atoms with Gasteiger partial charge in [0.2, 0.25) is 0 Å². The Morgan fingerprint density at radius 2 is 1.68 bits per heavy atom. The molecular formula is C31H38F3NO4Si. The van der Waals surface area contributed by atoms with E-state index in [2.05, 4.69) is 33.9 Å². The van der Waals surface area contributed by atoms with E-state index in [1.165, 1.54) is 12.1 Å². The van der Waals surface area contributed by atoms with Crippen LogP contribution in [0.25, 0.3) is 11.3 Å². The molecule has 1 atom stereocenters. The molecule has 1 heterocycles. The molecule has 0 aliphatic rings. The second-order valence-corrected chi connectivity index (χ2v) is 16.2. The quantitative estimate of drug-likeness (QED) is 0.138. The Bertz CT molecular complexity index is 1300. The van der Waals surface area contributed by atoms with Crippen LogP contribution in [0.1, 0.15) is 63.5 Å². The summed E-state index contributed by atoms with van der Waals surface area (Å²) in [6.45, 7) is 14.8. The fourth-order valence-electron chi connectivity index (χ4n) is 3.65. The van der Waals surface area contributed by atoms with Gasteiger partial charge in [-0.15, -0.1) is 0 Å². The van der Waals surface area contributed by atoms with Gasteiger partial charge in [-0.1, -0.05) is 45.9 Å². The molecule has 0 radical (unpaired) electrons. The first kappa shape index (κ1) is 31.4. The van der Waals surface area contributed by atoms with Crippen LogP contribution in [0, 0.1) is 6.92 Å². The Balaban J connectivity index is 1.92. The number of benzene rings is 2. The van der Waals surface area contributed by atoms with Gasteiger partial charge in [0.1, 0.15) is 11.5 Å². The zero-order valence-electron chi connectivity index (χ0n) is 24.2. The predicted molar refractivity (Wildman–Crippen MR) is 153 cm³/mol. The molecule has 0 aliphatic heterocycles. The maximum absolute atomic E-state index is 13.0. The van der Waals surface area contributed by atoms with E-state index < -0.39 is 26.2 Å². The number of ether oxygens (including phenoxy) is 2. The zero-order chi connectivity index (χ0) is 29.7. The average Bonchev–Trinajstić information content (AvgIpc) is 2.87. The van der Waals surface area contributed by atoms with Crippen LogP contribution in [-0.2, 0) is 15.4 Å². The molecule has 3 rings (SSSR count). The third-order valence-electron chi connectivity index (χ3n) is 7.11. The molecule has 0 N–H and O–H groups in total. The highest BCUT2D eigenvalue weighted by Crippen LogP contribution is 2.38. The molecule has 0 fully saturated rings. The van der Waals surface area contributed by atoms with Crippen molar-refractivity contribution in [3.05, 3.63) is 77.5 Å². The van der Waals surface area contributed by atoms with Crippen molar-refractivity contribution >= 4 is 14.3 Å². The average molecular weight is 574 g/mol. The lowest BCUT2D eigenvalue weighted by Crippen LogP contribution is -2.42. The van der Waals surface area contributed by atoms with Crippen LogP contribution in [0.4, 0.5) is 13.2 Å². The van der Waals surface area contributed by atoms with E-state index in [0.717, 1.165) is 17.7 Å². The number of carbonyl (C=O) groups excluding carboxylic acids is 1. The minimum Gasteiger partial charge on any atom is -0.482 e. The monoisotopic (exact) mass is 573 g/mol. The smallest absolute Gasteiger partial charge is 0.416 e. The Morgan fingerprint density at radius 3 is 2.25 bits per heavy atom. The minimum absolute atomic E-state index is 0.0202. The van der Waals surface area contributed by atoms with Crippen molar-refractivity contribution in [1.82, 2.24) is 4.98 Å². The van der Waals surface area contributed by atoms with Crippen molar-refractivity contribution in [2.45, 2.75) is 77.9 Å². The fraction of sp³-hybridized carbons (Fsp3) is 0.419. The van der Waals surface area contributed by atoms with Crippen molar-refractivity contribution in [1.29, 1.82) is 0 Å². The van der Waals surface area contributed by atoms with Crippen LogP contribution in [0.5, 0.6) is 11.5 Å². The van der Waals surface area contributed by atoms with Crippen LogP contribution >= 0.6 is 0 Å². The summed E-state index contributed by atoms with van der Waals surface area (Å²) in [6, 6.07) is 15.6. The van der Waals surface area contributed by atoms with Gasteiger partial charge in [0, 0.05) is 12.0 Å². The highest BCUT2D eigenvalue weighted by atomic mass is 28.4. The van der Waals surface area contributed by atoms with Crippen molar-refractivity contribution in [2.75, 3.05) is 6.61 Å². The van der Waals surface area contributed by atoms with E-state index in [0.29, 0.717) is 41.3 Å². The molecule has 0 aliphatic carbocycles. The first-order valence-corrected chi connectivity index (χ1v) is 16.3. The summed E-state index contributed by atoms with van der Waals surface area (Å²) in [5.41, 5.74) is 1.72. The summed E-state index contributed by atoms with van der Waals surface area (Å²) < 4.78 is 57.5. The zero-order valence-corrected chi connectivity index (χ0v) is 25.2. The maximum Gasteiger partial charge on any atom is 0.416 e. The number of rotatable bonds is 10. The summed E-state index contributed by atoms with van der Waals surface area (Å²) in [5, 5.41) is -0.0202. The number of hydrogen-bond donors (Lipinski definition) is 0. The van der Waals surface area contributed by atoms with Gasteiger partial charge in [0.25, 0.3) is 0 Å². The summed E-state index contributed by atoms with van der Waals surface area (Å²) >= 11 is 0. The first-order chi connectivity index (χ1) is 18.6. The van der Waals surface area contributed by atoms with Gasteiger partial charge in [-0.25, -0.2) is 4.98 Å². The highest BCUT2D eigenvalue weighted by Gasteiger charge is 2.38. The molecule has 1 aromatic heterocycles. The van der Waals surface area contributed by atoms with E-state index in [4.69, 9.17) is 18.9 Å². The molecule has 216 valence electrons. The van der Waals surface area contributed by atoms with Crippen molar-refractivity contribution in [3.63, 3.8) is 0 Å². The number of alkyl halides is 3. The van der Waals surface area contributed by atoms with E-state index in [-0.39, 0.29) is 17.6 Å².